The molecule has 6 heteroatoms. The normalized spacial score (nSPS) is 10.6. The molecule has 6 nitrogen and oxygen atoms in total. The summed E-state index contributed by atoms with van der Waals surface area (Å²) in [6.07, 6.45) is 0. The van der Waals surface area contributed by atoms with E-state index in [1.165, 1.54) is 32.0 Å². The van der Waals surface area contributed by atoms with Gasteiger partial charge in [-0.15, -0.1) is 0 Å². The third-order valence-corrected chi connectivity index (χ3v) is 2.37. The quantitative estimate of drug-likeness (QED) is 0.354. The molecule has 0 bridgehead atoms. The van der Waals surface area contributed by atoms with Crippen LogP contribution in [0, 0.1) is 33.8 Å². The standard InChI is InChI=1S/C12H12N2O4/c1-8-6-9(4-5-10(8)14(16)17)18-11(15)12(2,3)7-13/h4-6H,1-3H3. The van der Waals surface area contributed by atoms with Crippen molar-refractivity contribution < 1.29 is 14.5 Å². The highest BCUT2D eigenvalue weighted by Gasteiger charge is 2.29. The number of nitriles is 1. The lowest BCUT2D eigenvalue weighted by Gasteiger charge is -2.13. The average molecular weight is 248 g/mol. The Morgan fingerprint density at radius 2 is 2.11 bits per heavy atom. The van der Waals surface area contributed by atoms with Gasteiger partial charge in [0.1, 0.15) is 11.2 Å². The number of nitrogens with zero attached hydrogens (tertiary/aromatic N) is 2. The van der Waals surface area contributed by atoms with E-state index in [9.17, 15) is 14.9 Å². The van der Waals surface area contributed by atoms with Gasteiger partial charge in [-0.3, -0.25) is 10.1 Å². The van der Waals surface area contributed by atoms with E-state index >= 15 is 0 Å². The third-order valence-electron chi connectivity index (χ3n) is 2.37. The van der Waals surface area contributed by atoms with Gasteiger partial charge in [-0.25, -0.2) is 4.79 Å². The molecule has 0 aliphatic carbocycles. The number of benzene rings is 1. The zero-order valence-electron chi connectivity index (χ0n) is 10.3. The molecule has 1 aromatic rings. The van der Waals surface area contributed by atoms with E-state index in [0.29, 0.717) is 5.56 Å². The average Bonchev–Trinajstić information content (AvgIpc) is 2.28. The summed E-state index contributed by atoms with van der Waals surface area (Å²) >= 11 is 0. The second-order valence-electron chi connectivity index (χ2n) is 4.33. The van der Waals surface area contributed by atoms with E-state index in [0.717, 1.165) is 0 Å². The SMILES string of the molecule is Cc1cc(OC(=O)C(C)(C)C#N)ccc1[N+](=O)[O-]. The monoisotopic (exact) mass is 248 g/mol. The molecule has 0 saturated carbocycles. The first kappa shape index (κ1) is 13.6. The molecule has 0 amide bonds. The van der Waals surface area contributed by atoms with Gasteiger partial charge in [-0.2, -0.15) is 5.26 Å². The molecule has 0 aliphatic rings. The van der Waals surface area contributed by atoms with Crippen LogP contribution in [-0.2, 0) is 4.79 Å². The first-order chi connectivity index (χ1) is 8.27. The predicted molar refractivity (Wildman–Crippen MR) is 62.9 cm³/mol. The van der Waals surface area contributed by atoms with Crippen LogP contribution in [0.15, 0.2) is 18.2 Å². The Hall–Kier alpha value is -2.42. The molecule has 0 fully saturated rings. The van der Waals surface area contributed by atoms with Crippen LogP contribution in [0.2, 0.25) is 0 Å². The number of nitro benzene ring substituents is 1. The number of carbonyl (C=O) groups is 1. The van der Waals surface area contributed by atoms with Gasteiger partial charge in [0.05, 0.1) is 11.0 Å². The lowest BCUT2D eigenvalue weighted by Crippen LogP contribution is -2.27. The van der Waals surface area contributed by atoms with Gasteiger partial charge in [-0.05, 0) is 32.9 Å². The zero-order valence-corrected chi connectivity index (χ0v) is 10.3. The van der Waals surface area contributed by atoms with Gasteiger partial charge in [0, 0.05) is 11.6 Å². The van der Waals surface area contributed by atoms with Crippen molar-refractivity contribution in [2.45, 2.75) is 20.8 Å². The van der Waals surface area contributed by atoms with Crippen molar-refractivity contribution >= 4 is 11.7 Å². The molecule has 18 heavy (non-hydrogen) atoms. The highest BCUT2D eigenvalue weighted by molar-refractivity contribution is 5.81. The van der Waals surface area contributed by atoms with Crippen LogP contribution < -0.4 is 4.74 Å². The Kier molecular flexibility index (Phi) is 3.67. The highest BCUT2D eigenvalue weighted by Crippen LogP contribution is 2.25. The molecule has 1 rings (SSSR count). The summed E-state index contributed by atoms with van der Waals surface area (Å²) < 4.78 is 5.00. The minimum atomic E-state index is -1.25. The van der Waals surface area contributed by atoms with Crippen molar-refractivity contribution in [2.75, 3.05) is 0 Å². The molecule has 0 aliphatic heterocycles. The van der Waals surface area contributed by atoms with Gasteiger partial charge in [-0.1, -0.05) is 0 Å². The summed E-state index contributed by atoms with van der Waals surface area (Å²) in [5.41, 5.74) is -0.912. The smallest absolute Gasteiger partial charge is 0.331 e. The van der Waals surface area contributed by atoms with E-state index in [1.54, 1.807) is 6.92 Å². The van der Waals surface area contributed by atoms with Crippen molar-refractivity contribution in [2.24, 2.45) is 5.41 Å². The Morgan fingerprint density at radius 3 is 2.56 bits per heavy atom. The highest BCUT2D eigenvalue weighted by atomic mass is 16.6. The fourth-order valence-corrected chi connectivity index (χ4v) is 1.18. The number of hydrogen-bond acceptors (Lipinski definition) is 5. The number of carbonyl (C=O) groups excluding carboxylic acids is 1. The largest absolute Gasteiger partial charge is 0.425 e. The lowest BCUT2D eigenvalue weighted by molar-refractivity contribution is -0.385. The van der Waals surface area contributed by atoms with Crippen molar-refractivity contribution in [1.82, 2.24) is 0 Å². The summed E-state index contributed by atoms with van der Waals surface area (Å²) in [4.78, 5) is 21.7. The van der Waals surface area contributed by atoms with Gasteiger partial charge in [0.25, 0.3) is 5.69 Å². The van der Waals surface area contributed by atoms with Gasteiger partial charge in [0.15, 0.2) is 0 Å². The number of nitro groups is 1. The van der Waals surface area contributed by atoms with E-state index in [2.05, 4.69) is 0 Å². The zero-order chi connectivity index (χ0) is 13.9. The first-order valence-corrected chi connectivity index (χ1v) is 5.16. The van der Waals surface area contributed by atoms with E-state index in [-0.39, 0.29) is 11.4 Å². The second-order valence-corrected chi connectivity index (χ2v) is 4.33. The van der Waals surface area contributed by atoms with Crippen molar-refractivity contribution in [3.63, 3.8) is 0 Å². The van der Waals surface area contributed by atoms with E-state index < -0.39 is 16.3 Å². The Balaban J connectivity index is 2.95. The lowest BCUT2D eigenvalue weighted by atomic mass is 9.96. The van der Waals surface area contributed by atoms with Crippen molar-refractivity contribution in [1.29, 1.82) is 5.26 Å². The maximum absolute atomic E-state index is 11.6. The summed E-state index contributed by atoms with van der Waals surface area (Å²) in [7, 11) is 0. The van der Waals surface area contributed by atoms with Crippen molar-refractivity contribution in [3.8, 4) is 11.8 Å². The molecule has 0 N–H and O–H groups in total. The molecule has 0 aromatic heterocycles. The minimum absolute atomic E-state index is 0.0469. The molecule has 0 spiro atoms. The number of aryl methyl sites for hydroxylation is 1. The summed E-state index contributed by atoms with van der Waals surface area (Å²) in [6.45, 7) is 4.42. The van der Waals surface area contributed by atoms with Gasteiger partial charge in [0.2, 0.25) is 0 Å². The number of hydrogen-bond donors (Lipinski definition) is 0. The van der Waals surface area contributed by atoms with Crippen LogP contribution in [0.3, 0.4) is 0 Å². The van der Waals surface area contributed by atoms with Crippen LogP contribution in [0.25, 0.3) is 0 Å². The van der Waals surface area contributed by atoms with Crippen LogP contribution in [0.4, 0.5) is 5.69 Å². The predicted octanol–water partition coefficient (Wildman–Crippen LogP) is 2.36. The van der Waals surface area contributed by atoms with Crippen LogP contribution in [-0.4, -0.2) is 10.9 Å². The fraction of sp³-hybridized carbons (Fsp3) is 0.333. The maximum atomic E-state index is 11.6. The van der Waals surface area contributed by atoms with Crippen LogP contribution in [0.5, 0.6) is 5.75 Å². The Morgan fingerprint density at radius 1 is 1.50 bits per heavy atom. The topological polar surface area (TPSA) is 93.2 Å². The summed E-state index contributed by atoms with van der Waals surface area (Å²) in [6, 6.07) is 5.81. The van der Waals surface area contributed by atoms with Crippen LogP contribution in [0.1, 0.15) is 19.4 Å². The minimum Gasteiger partial charge on any atom is -0.425 e. The second kappa shape index (κ2) is 4.84. The van der Waals surface area contributed by atoms with E-state index in [4.69, 9.17) is 10.00 Å². The number of ether oxygens (including phenoxy) is 1. The Labute approximate surface area is 104 Å². The molecule has 94 valence electrons. The molecular formula is C12H12N2O4. The van der Waals surface area contributed by atoms with Gasteiger partial charge >= 0.3 is 5.97 Å². The Bertz CT molecular complexity index is 543. The first-order valence-electron chi connectivity index (χ1n) is 5.16. The molecule has 1 aromatic carbocycles. The molecule has 0 radical (unpaired) electrons. The maximum Gasteiger partial charge on any atom is 0.331 e. The summed E-state index contributed by atoms with van der Waals surface area (Å²) in [5.74, 6) is -0.510. The number of esters is 1. The van der Waals surface area contributed by atoms with Crippen LogP contribution >= 0.6 is 0 Å². The number of rotatable bonds is 3. The van der Waals surface area contributed by atoms with Crippen molar-refractivity contribution in [3.05, 3.63) is 33.9 Å². The molecule has 0 saturated heterocycles. The fourth-order valence-electron chi connectivity index (χ4n) is 1.18. The summed E-state index contributed by atoms with van der Waals surface area (Å²) in [5, 5.41) is 19.4. The molecule has 0 heterocycles. The third kappa shape index (κ3) is 2.83. The molecule has 0 atom stereocenters. The molecule has 0 unspecified atom stereocenters. The van der Waals surface area contributed by atoms with E-state index in [1.807, 2.05) is 6.07 Å². The van der Waals surface area contributed by atoms with Gasteiger partial charge < -0.3 is 4.74 Å². The molecular weight excluding hydrogens is 236 g/mol.